The fraction of sp³-hybridized carbons (Fsp3) is 0.917. The summed E-state index contributed by atoms with van der Waals surface area (Å²) in [6.45, 7) is 6.82. The van der Waals surface area contributed by atoms with E-state index >= 15 is 0 Å². The Morgan fingerprint density at radius 3 is 3.00 bits per heavy atom. The fourth-order valence-corrected chi connectivity index (χ4v) is 2.71. The molecule has 1 fully saturated rings. The highest BCUT2D eigenvalue weighted by molar-refractivity contribution is 4.93. The number of nitrogens with one attached hydrogen (secondary N) is 1. The Hall–Kier alpha value is -1.01. The van der Waals surface area contributed by atoms with E-state index in [0.717, 1.165) is 12.4 Å². The van der Waals surface area contributed by atoms with Gasteiger partial charge in [-0.1, -0.05) is 20.3 Å². The van der Waals surface area contributed by atoms with E-state index in [1.54, 1.807) is 7.11 Å². The highest BCUT2D eigenvalue weighted by Gasteiger charge is 2.37. The highest BCUT2D eigenvalue weighted by atomic mass is 16.5. The number of tetrazole rings is 1. The van der Waals surface area contributed by atoms with Crippen molar-refractivity contribution in [1.82, 2.24) is 25.5 Å². The first kappa shape index (κ1) is 13.4. The summed E-state index contributed by atoms with van der Waals surface area (Å²) >= 11 is 0. The molecule has 0 saturated heterocycles. The molecule has 0 aromatic carbocycles. The first-order chi connectivity index (χ1) is 8.65. The number of hydrogen-bond acceptors (Lipinski definition) is 5. The van der Waals surface area contributed by atoms with Gasteiger partial charge in [0.1, 0.15) is 0 Å². The first-order valence-electron chi connectivity index (χ1n) is 6.61. The zero-order chi connectivity index (χ0) is 13.0. The summed E-state index contributed by atoms with van der Waals surface area (Å²) in [5.41, 5.74) is 0.288. The Bertz CT molecular complexity index is 376. The topological polar surface area (TPSA) is 64.9 Å². The molecule has 0 amide bonds. The molecule has 1 N–H and O–H groups in total. The summed E-state index contributed by atoms with van der Waals surface area (Å²) in [7, 11) is 1.70. The second-order valence-electron chi connectivity index (χ2n) is 5.61. The third-order valence-corrected chi connectivity index (χ3v) is 3.82. The molecule has 6 nitrogen and oxygen atoms in total. The van der Waals surface area contributed by atoms with Crippen LogP contribution in [0.25, 0.3) is 0 Å². The van der Waals surface area contributed by atoms with Crippen LogP contribution in [0.5, 0.6) is 0 Å². The Morgan fingerprint density at radius 1 is 1.50 bits per heavy atom. The molecule has 0 aliphatic heterocycles. The molecular formula is C12H23N5O. The third-order valence-electron chi connectivity index (χ3n) is 3.82. The molecule has 1 saturated carbocycles. The molecule has 1 atom stereocenters. The van der Waals surface area contributed by atoms with Crippen molar-refractivity contribution >= 4 is 0 Å². The van der Waals surface area contributed by atoms with Crippen LogP contribution in [0.3, 0.4) is 0 Å². The normalized spacial score (nSPS) is 22.5. The lowest BCUT2D eigenvalue weighted by Gasteiger charge is -2.27. The maximum absolute atomic E-state index is 5.00. The van der Waals surface area contributed by atoms with Gasteiger partial charge in [-0.15, -0.1) is 5.10 Å². The Balaban J connectivity index is 1.99. The maximum atomic E-state index is 5.00. The van der Waals surface area contributed by atoms with Crippen LogP contribution in [0.2, 0.25) is 0 Å². The lowest BCUT2D eigenvalue weighted by Crippen LogP contribution is -2.27. The highest BCUT2D eigenvalue weighted by Crippen LogP contribution is 2.45. The Labute approximate surface area is 108 Å². The molecule has 18 heavy (non-hydrogen) atoms. The van der Waals surface area contributed by atoms with E-state index in [-0.39, 0.29) is 5.41 Å². The van der Waals surface area contributed by atoms with Crippen molar-refractivity contribution in [3.05, 3.63) is 5.82 Å². The first-order valence-corrected chi connectivity index (χ1v) is 6.61. The van der Waals surface area contributed by atoms with E-state index in [1.807, 2.05) is 4.68 Å². The molecule has 1 aromatic rings. The Morgan fingerprint density at radius 2 is 2.33 bits per heavy atom. The summed E-state index contributed by atoms with van der Waals surface area (Å²) in [6, 6.07) is 0.423. The molecule has 0 bridgehead atoms. The Kier molecular flexibility index (Phi) is 4.29. The van der Waals surface area contributed by atoms with Gasteiger partial charge in [0.05, 0.1) is 19.2 Å². The zero-order valence-electron chi connectivity index (χ0n) is 11.5. The van der Waals surface area contributed by atoms with Crippen LogP contribution >= 0.6 is 0 Å². The number of hydrogen-bond donors (Lipinski definition) is 1. The molecule has 6 heteroatoms. The second kappa shape index (κ2) is 5.75. The smallest absolute Gasteiger partial charge is 0.165 e. The van der Waals surface area contributed by atoms with Gasteiger partial charge in [0.2, 0.25) is 0 Å². The van der Waals surface area contributed by atoms with Gasteiger partial charge in [0.15, 0.2) is 5.82 Å². The van der Waals surface area contributed by atoms with Crippen molar-refractivity contribution in [2.45, 2.75) is 45.7 Å². The van der Waals surface area contributed by atoms with E-state index in [0.29, 0.717) is 19.2 Å². The van der Waals surface area contributed by atoms with Gasteiger partial charge >= 0.3 is 0 Å². The SMILES string of the molecule is COCCNCc1nnnn1C1CCCC1(C)C. The van der Waals surface area contributed by atoms with Crippen LogP contribution < -0.4 is 5.32 Å². The van der Waals surface area contributed by atoms with E-state index in [1.165, 1.54) is 19.3 Å². The average Bonchev–Trinajstić information content (AvgIpc) is 2.90. The van der Waals surface area contributed by atoms with Crippen LogP contribution in [0.1, 0.15) is 45.0 Å². The van der Waals surface area contributed by atoms with Gasteiger partial charge in [0.25, 0.3) is 0 Å². The number of methoxy groups -OCH3 is 1. The van der Waals surface area contributed by atoms with E-state index in [9.17, 15) is 0 Å². The van der Waals surface area contributed by atoms with Crippen LogP contribution in [-0.2, 0) is 11.3 Å². The van der Waals surface area contributed by atoms with Gasteiger partial charge in [-0.05, 0) is 28.7 Å². The van der Waals surface area contributed by atoms with Gasteiger partial charge in [-0.25, -0.2) is 4.68 Å². The van der Waals surface area contributed by atoms with Crippen molar-refractivity contribution in [3.8, 4) is 0 Å². The second-order valence-corrected chi connectivity index (χ2v) is 5.61. The summed E-state index contributed by atoms with van der Waals surface area (Å²) in [4.78, 5) is 0. The third kappa shape index (κ3) is 2.87. The van der Waals surface area contributed by atoms with Crippen molar-refractivity contribution in [3.63, 3.8) is 0 Å². The van der Waals surface area contributed by atoms with Crippen LogP contribution in [-0.4, -0.2) is 40.5 Å². The summed E-state index contributed by atoms with van der Waals surface area (Å²) in [6.07, 6.45) is 3.67. The predicted molar refractivity (Wildman–Crippen MR) is 68.1 cm³/mol. The van der Waals surface area contributed by atoms with Gasteiger partial charge < -0.3 is 10.1 Å². The van der Waals surface area contributed by atoms with Gasteiger partial charge in [-0.2, -0.15) is 0 Å². The standard InChI is InChI=1S/C12H23N5O/c1-12(2)6-4-5-10(12)17-11(14-15-16-17)9-13-7-8-18-3/h10,13H,4-9H2,1-3H3. The van der Waals surface area contributed by atoms with Crippen molar-refractivity contribution in [2.75, 3.05) is 20.3 Å². The molecule has 1 heterocycles. The molecule has 1 unspecified atom stereocenters. The molecule has 0 radical (unpaired) electrons. The minimum absolute atomic E-state index is 0.288. The maximum Gasteiger partial charge on any atom is 0.165 e. The minimum atomic E-state index is 0.288. The van der Waals surface area contributed by atoms with Crippen LogP contribution in [0.4, 0.5) is 0 Å². The summed E-state index contributed by atoms with van der Waals surface area (Å²) in [5, 5.41) is 15.4. The monoisotopic (exact) mass is 253 g/mol. The molecular weight excluding hydrogens is 230 g/mol. The molecule has 102 valence electrons. The van der Waals surface area contributed by atoms with Gasteiger partial charge in [0, 0.05) is 13.7 Å². The molecule has 0 spiro atoms. The molecule has 1 aliphatic carbocycles. The van der Waals surface area contributed by atoms with Crippen LogP contribution in [0.15, 0.2) is 0 Å². The lowest BCUT2D eigenvalue weighted by molar-refractivity contribution is 0.197. The number of aromatic nitrogens is 4. The van der Waals surface area contributed by atoms with Crippen molar-refractivity contribution in [1.29, 1.82) is 0 Å². The average molecular weight is 253 g/mol. The molecule has 2 rings (SSSR count). The fourth-order valence-electron chi connectivity index (χ4n) is 2.71. The van der Waals surface area contributed by atoms with E-state index in [4.69, 9.17) is 4.74 Å². The summed E-state index contributed by atoms with van der Waals surface area (Å²) in [5.74, 6) is 0.922. The predicted octanol–water partition coefficient (Wildman–Crippen LogP) is 1.16. The number of ether oxygens (including phenoxy) is 1. The lowest BCUT2D eigenvalue weighted by atomic mass is 9.87. The van der Waals surface area contributed by atoms with Gasteiger partial charge in [-0.3, -0.25) is 0 Å². The zero-order valence-corrected chi connectivity index (χ0v) is 11.5. The molecule has 1 aromatic heterocycles. The van der Waals surface area contributed by atoms with Crippen molar-refractivity contribution in [2.24, 2.45) is 5.41 Å². The summed E-state index contributed by atoms with van der Waals surface area (Å²) < 4.78 is 7.01. The minimum Gasteiger partial charge on any atom is -0.383 e. The molecule has 1 aliphatic rings. The number of nitrogens with zero attached hydrogens (tertiary/aromatic N) is 4. The van der Waals surface area contributed by atoms with Crippen LogP contribution in [0, 0.1) is 5.41 Å². The largest absolute Gasteiger partial charge is 0.383 e. The number of rotatable bonds is 6. The van der Waals surface area contributed by atoms with Crippen molar-refractivity contribution < 1.29 is 4.74 Å². The van der Waals surface area contributed by atoms with E-state index < -0.39 is 0 Å². The van der Waals surface area contributed by atoms with E-state index in [2.05, 4.69) is 34.7 Å². The quantitative estimate of drug-likeness (QED) is 0.771.